The summed E-state index contributed by atoms with van der Waals surface area (Å²) in [5.74, 6) is 1.75. The van der Waals surface area contributed by atoms with Crippen molar-refractivity contribution in [1.82, 2.24) is 15.5 Å². The van der Waals surface area contributed by atoms with Crippen molar-refractivity contribution in [3.8, 4) is 28.7 Å². The number of hydrogen-bond donors (Lipinski definition) is 1. The zero-order valence-corrected chi connectivity index (χ0v) is 15.0. The first-order valence-corrected chi connectivity index (χ1v) is 8.25. The topological polar surface area (TPSA) is 95.7 Å². The summed E-state index contributed by atoms with van der Waals surface area (Å²) in [6.07, 6.45) is 1.61. The zero-order chi connectivity index (χ0) is 18.2. The number of thioether (sulfide) groups is 1. The van der Waals surface area contributed by atoms with Crippen LogP contribution in [0.3, 0.4) is 0 Å². The molecule has 25 heavy (non-hydrogen) atoms. The van der Waals surface area contributed by atoms with Crippen LogP contribution in [-0.2, 0) is 4.79 Å². The Balaban J connectivity index is 2.16. The quantitative estimate of drug-likeness (QED) is 0.533. The molecule has 1 heterocycles. The first-order chi connectivity index (χ1) is 12.1. The van der Waals surface area contributed by atoms with E-state index in [2.05, 4.69) is 22.1 Å². The minimum Gasteiger partial charge on any atom is -0.493 e. The third kappa shape index (κ3) is 4.66. The van der Waals surface area contributed by atoms with Crippen molar-refractivity contribution < 1.29 is 23.4 Å². The Kier molecular flexibility index (Phi) is 6.70. The SMILES string of the molecule is C=CCNC(=O)CSc1nnc(-c2cc(OC)c(OC)c(OC)c2)o1. The number of ether oxygens (including phenoxy) is 3. The highest BCUT2D eigenvalue weighted by Crippen LogP contribution is 2.41. The third-order valence-corrected chi connectivity index (χ3v) is 3.91. The smallest absolute Gasteiger partial charge is 0.277 e. The number of carbonyl (C=O) groups is 1. The molecule has 0 fully saturated rings. The van der Waals surface area contributed by atoms with Gasteiger partial charge in [-0.3, -0.25) is 4.79 Å². The fourth-order valence-electron chi connectivity index (χ4n) is 1.95. The standard InChI is InChI=1S/C16H19N3O5S/c1-5-6-17-13(20)9-25-16-19-18-15(24-16)10-7-11(21-2)14(23-4)12(8-10)22-3/h5,7-8H,1,6,9H2,2-4H3,(H,17,20). The highest BCUT2D eigenvalue weighted by Gasteiger charge is 2.18. The predicted octanol–water partition coefficient (Wildman–Crippen LogP) is 2.16. The highest BCUT2D eigenvalue weighted by molar-refractivity contribution is 7.99. The van der Waals surface area contributed by atoms with Crippen LogP contribution in [0.2, 0.25) is 0 Å². The molecule has 0 radical (unpaired) electrons. The maximum absolute atomic E-state index is 11.6. The first-order valence-electron chi connectivity index (χ1n) is 7.27. The number of aromatic nitrogens is 2. The lowest BCUT2D eigenvalue weighted by Gasteiger charge is -2.12. The molecular weight excluding hydrogens is 346 g/mol. The van der Waals surface area contributed by atoms with Gasteiger partial charge in [0.15, 0.2) is 11.5 Å². The van der Waals surface area contributed by atoms with Gasteiger partial charge in [-0.2, -0.15) is 0 Å². The average molecular weight is 365 g/mol. The molecule has 0 aliphatic rings. The van der Waals surface area contributed by atoms with E-state index in [0.29, 0.717) is 29.4 Å². The molecule has 134 valence electrons. The number of nitrogens with one attached hydrogen (secondary N) is 1. The predicted molar refractivity (Wildman–Crippen MR) is 93.3 cm³/mol. The van der Waals surface area contributed by atoms with E-state index in [-0.39, 0.29) is 22.8 Å². The molecule has 0 saturated carbocycles. The van der Waals surface area contributed by atoms with E-state index < -0.39 is 0 Å². The van der Waals surface area contributed by atoms with Gasteiger partial charge < -0.3 is 23.9 Å². The summed E-state index contributed by atoms with van der Waals surface area (Å²) in [5, 5.41) is 10.9. The lowest BCUT2D eigenvalue weighted by Crippen LogP contribution is -2.24. The Morgan fingerprint density at radius 3 is 2.48 bits per heavy atom. The van der Waals surface area contributed by atoms with Gasteiger partial charge in [0.25, 0.3) is 5.22 Å². The zero-order valence-electron chi connectivity index (χ0n) is 14.2. The maximum Gasteiger partial charge on any atom is 0.277 e. The van der Waals surface area contributed by atoms with Gasteiger partial charge in [0, 0.05) is 12.1 Å². The Morgan fingerprint density at radius 2 is 1.92 bits per heavy atom. The van der Waals surface area contributed by atoms with Crippen molar-refractivity contribution in [3.63, 3.8) is 0 Å². The minimum atomic E-state index is -0.141. The van der Waals surface area contributed by atoms with E-state index in [1.165, 1.54) is 21.3 Å². The Bertz CT molecular complexity index is 722. The molecule has 2 rings (SSSR count). The molecule has 1 N–H and O–H groups in total. The van der Waals surface area contributed by atoms with Crippen LogP contribution in [0.25, 0.3) is 11.5 Å². The summed E-state index contributed by atoms with van der Waals surface area (Å²) >= 11 is 1.15. The van der Waals surface area contributed by atoms with Gasteiger partial charge >= 0.3 is 0 Å². The summed E-state index contributed by atoms with van der Waals surface area (Å²) < 4.78 is 21.5. The summed E-state index contributed by atoms with van der Waals surface area (Å²) in [4.78, 5) is 11.6. The molecule has 0 aliphatic heterocycles. The van der Waals surface area contributed by atoms with Crippen molar-refractivity contribution in [2.45, 2.75) is 5.22 Å². The van der Waals surface area contributed by atoms with Crippen molar-refractivity contribution >= 4 is 17.7 Å². The number of hydrogen-bond acceptors (Lipinski definition) is 8. The number of carbonyl (C=O) groups excluding carboxylic acids is 1. The van der Waals surface area contributed by atoms with Crippen LogP contribution in [0.15, 0.2) is 34.4 Å². The van der Waals surface area contributed by atoms with Crippen LogP contribution in [-0.4, -0.2) is 49.7 Å². The van der Waals surface area contributed by atoms with Crippen LogP contribution in [0, 0.1) is 0 Å². The maximum atomic E-state index is 11.6. The lowest BCUT2D eigenvalue weighted by atomic mass is 10.2. The molecule has 0 atom stereocenters. The van der Waals surface area contributed by atoms with Gasteiger partial charge in [0.1, 0.15) is 0 Å². The molecule has 0 unspecified atom stereocenters. The normalized spacial score (nSPS) is 10.2. The van der Waals surface area contributed by atoms with E-state index >= 15 is 0 Å². The van der Waals surface area contributed by atoms with E-state index in [0.717, 1.165) is 11.8 Å². The third-order valence-electron chi connectivity index (χ3n) is 3.09. The molecule has 1 aromatic carbocycles. The second-order valence-electron chi connectivity index (χ2n) is 4.67. The van der Waals surface area contributed by atoms with Crippen LogP contribution in [0.5, 0.6) is 17.2 Å². The monoisotopic (exact) mass is 365 g/mol. The Morgan fingerprint density at radius 1 is 1.24 bits per heavy atom. The molecular formula is C16H19N3O5S. The molecule has 8 nitrogen and oxygen atoms in total. The molecule has 0 bridgehead atoms. The summed E-state index contributed by atoms with van der Waals surface area (Å²) in [6, 6.07) is 3.42. The lowest BCUT2D eigenvalue weighted by molar-refractivity contribution is -0.118. The minimum absolute atomic E-state index is 0.141. The fraction of sp³-hybridized carbons (Fsp3) is 0.312. The molecule has 2 aromatic rings. The number of benzene rings is 1. The van der Waals surface area contributed by atoms with Gasteiger partial charge in [0.2, 0.25) is 17.5 Å². The van der Waals surface area contributed by atoms with Crippen molar-refractivity contribution in [2.24, 2.45) is 0 Å². The van der Waals surface area contributed by atoms with Gasteiger partial charge in [-0.1, -0.05) is 17.8 Å². The van der Waals surface area contributed by atoms with E-state index in [1.54, 1.807) is 18.2 Å². The molecule has 0 spiro atoms. The Hall–Kier alpha value is -2.68. The van der Waals surface area contributed by atoms with Crippen molar-refractivity contribution in [2.75, 3.05) is 33.6 Å². The van der Waals surface area contributed by atoms with E-state index in [9.17, 15) is 4.79 Å². The van der Waals surface area contributed by atoms with Gasteiger partial charge in [-0.05, 0) is 12.1 Å². The average Bonchev–Trinajstić information content (AvgIpc) is 3.12. The second kappa shape index (κ2) is 8.97. The number of rotatable bonds is 9. The first kappa shape index (κ1) is 18.7. The van der Waals surface area contributed by atoms with Crippen LogP contribution >= 0.6 is 11.8 Å². The van der Waals surface area contributed by atoms with E-state index in [4.69, 9.17) is 18.6 Å². The van der Waals surface area contributed by atoms with Crippen LogP contribution in [0.1, 0.15) is 0 Å². The van der Waals surface area contributed by atoms with Crippen molar-refractivity contribution in [1.29, 1.82) is 0 Å². The van der Waals surface area contributed by atoms with Crippen LogP contribution in [0.4, 0.5) is 0 Å². The van der Waals surface area contributed by atoms with Crippen LogP contribution < -0.4 is 19.5 Å². The van der Waals surface area contributed by atoms with Crippen molar-refractivity contribution in [3.05, 3.63) is 24.8 Å². The highest BCUT2D eigenvalue weighted by atomic mass is 32.2. The van der Waals surface area contributed by atoms with Gasteiger partial charge in [-0.15, -0.1) is 16.8 Å². The van der Waals surface area contributed by atoms with E-state index in [1.807, 2.05) is 0 Å². The summed E-state index contributed by atoms with van der Waals surface area (Å²) in [6.45, 7) is 3.95. The largest absolute Gasteiger partial charge is 0.493 e. The Labute approximate surface area is 149 Å². The molecule has 0 saturated heterocycles. The fourth-order valence-corrected chi connectivity index (χ4v) is 2.55. The second-order valence-corrected chi connectivity index (χ2v) is 5.60. The molecule has 0 aliphatic carbocycles. The molecule has 9 heteroatoms. The number of methoxy groups -OCH3 is 3. The van der Waals surface area contributed by atoms with Gasteiger partial charge in [0.05, 0.1) is 27.1 Å². The number of amides is 1. The summed E-state index contributed by atoms with van der Waals surface area (Å²) in [5.41, 5.74) is 0.616. The summed E-state index contributed by atoms with van der Waals surface area (Å²) in [7, 11) is 4.58. The van der Waals surface area contributed by atoms with Gasteiger partial charge in [-0.25, -0.2) is 0 Å². The molecule has 1 amide bonds. The number of nitrogens with zero attached hydrogens (tertiary/aromatic N) is 2. The molecule has 1 aromatic heterocycles.